The van der Waals surface area contributed by atoms with Crippen molar-refractivity contribution in [2.45, 2.75) is 95.7 Å². The number of nitrogens with zero attached hydrogens (tertiary/aromatic N) is 3. The number of esters is 1. The number of ether oxygens (including phenoxy) is 1. The molecule has 1 N–H and O–H groups in total. The number of thioether (sulfide) groups is 1. The number of hydrogen-bond acceptors (Lipinski definition) is 7. The van der Waals surface area contributed by atoms with E-state index in [-0.39, 0.29) is 23.7 Å². The minimum atomic E-state index is -0.340. The Labute approximate surface area is 210 Å². The number of aromatic nitrogens is 3. The van der Waals surface area contributed by atoms with Gasteiger partial charge in [-0.1, -0.05) is 43.9 Å². The lowest BCUT2D eigenvalue weighted by molar-refractivity contribution is -0.113. The fourth-order valence-electron chi connectivity index (χ4n) is 4.93. The van der Waals surface area contributed by atoms with Crippen molar-refractivity contribution in [2.75, 3.05) is 11.1 Å². The van der Waals surface area contributed by atoms with E-state index in [9.17, 15) is 9.59 Å². The number of fused-ring (bicyclic) bond motifs is 1. The first-order chi connectivity index (χ1) is 16.4. The smallest absolute Gasteiger partial charge is 0.341 e. The Hall–Kier alpha value is -1.87. The zero-order valence-corrected chi connectivity index (χ0v) is 22.2. The first kappa shape index (κ1) is 25.2. The van der Waals surface area contributed by atoms with E-state index in [0.29, 0.717) is 10.6 Å². The van der Waals surface area contributed by atoms with Crippen LogP contribution < -0.4 is 5.32 Å². The number of anilines is 1. The highest BCUT2D eigenvalue weighted by Gasteiger charge is 2.28. The molecule has 186 valence electrons. The summed E-state index contributed by atoms with van der Waals surface area (Å²) in [5.74, 6) is 1.52. The van der Waals surface area contributed by atoms with Crippen molar-refractivity contribution >= 4 is 40.0 Å². The van der Waals surface area contributed by atoms with Crippen molar-refractivity contribution in [1.82, 2.24) is 14.8 Å². The highest BCUT2D eigenvalue weighted by molar-refractivity contribution is 7.99. The molecule has 2 aliphatic rings. The quantitative estimate of drug-likeness (QED) is 0.355. The van der Waals surface area contributed by atoms with Gasteiger partial charge >= 0.3 is 5.97 Å². The summed E-state index contributed by atoms with van der Waals surface area (Å²) in [6, 6.07) is 0. The highest BCUT2D eigenvalue weighted by Crippen LogP contribution is 2.39. The zero-order chi connectivity index (χ0) is 24.1. The average molecular weight is 505 g/mol. The van der Waals surface area contributed by atoms with Crippen molar-refractivity contribution < 1.29 is 14.3 Å². The average Bonchev–Trinajstić information content (AvgIpc) is 3.36. The lowest BCUT2D eigenvalue weighted by Crippen LogP contribution is -2.19. The molecule has 7 nitrogen and oxygen atoms in total. The molecule has 1 amide bonds. The maximum atomic E-state index is 12.8. The summed E-state index contributed by atoms with van der Waals surface area (Å²) in [6.07, 6.45) is 12.6. The second-order valence-electron chi connectivity index (χ2n) is 9.71. The van der Waals surface area contributed by atoms with E-state index in [1.165, 1.54) is 60.1 Å². The van der Waals surface area contributed by atoms with Gasteiger partial charge in [0.15, 0.2) is 5.16 Å². The van der Waals surface area contributed by atoms with Gasteiger partial charge in [-0.3, -0.25) is 4.79 Å². The molecule has 0 radical (unpaired) electrons. The van der Waals surface area contributed by atoms with Crippen LogP contribution in [0.4, 0.5) is 5.00 Å². The van der Waals surface area contributed by atoms with E-state index in [0.717, 1.165) is 61.0 Å². The monoisotopic (exact) mass is 504 g/mol. The number of carbonyl (C=O) groups excluding carboxylic acids is 2. The van der Waals surface area contributed by atoms with E-state index in [1.54, 1.807) is 0 Å². The summed E-state index contributed by atoms with van der Waals surface area (Å²) in [7, 11) is 1.98. The van der Waals surface area contributed by atoms with Crippen LogP contribution in [0.25, 0.3) is 0 Å². The highest BCUT2D eigenvalue weighted by atomic mass is 32.2. The number of amides is 1. The van der Waals surface area contributed by atoms with Crippen LogP contribution in [-0.2, 0) is 35.8 Å². The third kappa shape index (κ3) is 6.22. The Bertz CT molecular complexity index is 1010. The van der Waals surface area contributed by atoms with Crippen LogP contribution in [0, 0.1) is 5.92 Å². The molecule has 2 aliphatic carbocycles. The largest absolute Gasteiger partial charge is 0.459 e. The lowest BCUT2D eigenvalue weighted by atomic mass is 9.86. The number of aryl methyl sites for hydroxylation is 2. The second-order valence-corrected chi connectivity index (χ2v) is 11.8. The van der Waals surface area contributed by atoms with Gasteiger partial charge < -0.3 is 14.6 Å². The summed E-state index contributed by atoms with van der Waals surface area (Å²) in [4.78, 5) is 26.8. The molecule has 1 saturated carbocycles. The minimum Gasteiger partial charge on any atom is -0.459 e. The maximum absolute atomic E-state index is 12.8. The molecular formula is C25H36N4O3S2. The molecule has 0 bridgehead atoms. The summed E-state index contributed by atoms with van der Waals surface area (Å²) in [5.41, 5.74) is 1.61. The lowest BCUT2D eigenvalue weighted by Gasteiger charge is -2.20. The summed E-state index contributed by atoms with van der Waals surface area (Å²) >= 11 is 2.90. The third-order valence-corrected chi connectivity index (χ3v) is 8.96. The van der Waals surface area contributed by atoms with Crippen molar-refractivity contribution in [3.8, 4) is 0 Å². The number of hydrogen-bond donors (Lipinski definition) is 1. The molecule has 0 unspecified atom stereocenters. The van der Waals surface area contributed by atoms with E-state index in [4.69, 9.17) is 4.74 Å². The maximum Gasteiger partial charge on any atom is 0.341 e. The van der Waals surface area contributed by atoms with E-state index in [1.807, 2.05) is 25.5 Å². The first-order valence-electron chi connectivity index (χ1n) is 12.6. The number of thiophene rings is 1. The van der Waals surface area contributed by atoms with Crippen LogP contribution in [-0.4, -0.2) is 38.5 Å². The molecule has 2 heterocycles. The van der Waals surface area contributed by atoms with E-state index in [2.05, 4.69) is 15.5 Å². The summed E-state index contributed by atoms with van der Waals surface area (Å²) < 4.78 is 7.50. The summed E-state index contributed by atoms with van der Waals surface area (Å²) in [6.45, 7) is 3.69. The molecule has 0 aromatic carbocycles. The Morgan fingerprint density at radius 3 is 2.68 bits per heavy atom. The summed E-state index contributed by atoms with van der Waals surface area (Å²) in [5, 5.41) is 13.0. The topological polar surface area (TPSA) is 86.1 Å². The van der Waals surface area contributed by atoms with Gasteiger partial charge in [0.05, 0.1) is 17.4 Å². The van der Waals surface area contributed by atoms with Gasteiger partial charge in [-0.2, -0.15) is 0 Å². The third-order valence-electron chi connectivity index (χ3n) is 6.73. The van der Waals surface area contributed by atoms with Crippen LogP contribution in [0.15, 0.2) is 5.16 Å². The van der Waals surface area contributed by atoms with Gasteiger partial charge in [-0.15, -0.1) is 21.5 Å². The number of rotatable bonds is 9. The minimum absolute atomic E-state index is 0.144. The molecule has 1 fully saturated rings. The standard InChI is InChI=1S/C25H36N4O3S2/c1-16(2)32-24(31)22-18-11-7-8-12-19(18)34-23(22)26-21(30)15-33-25-28-27-20(29(25)3)14-13-17-9-5-4-6-10-17/h16-17H,4-15H2,1-3H3,(H,26,30). The van der Waals surface area contributed by atoms with Crippen molar-refractivity contribution in [1.29, 1.82) is 0 Å². The molecule has 4 rings (SSSR count). The fourth-order valence-corrected chi connectivity index (χ4v) is 6.96. The number of carbonyl (C=O) groups is 2. The van der Waals surface area contributed by atoms with Crippen molar-refractivity contribution in [2.24, 2.45) is 13.0 Å². The Morgan fingerprint density at radius 1 is 1.15 bits per heavy atom. The molecule has 0 atom stereocenters. The van der Waals surface area contributed by atoms with Crippen LogP contribution in [0.1, 0.15) is 91.8 Å². The molecule has 2 aromatic heterocycles. The van der Waals surface area contributed by atoms with Gasteiger partial charge in [-0.05, 0) is 57.4 Å². The molecule has 9 heteroatoms. The van der Waals surface area contributed by atoms with Crippen molar-refractivity contribution in [3.05, 3.63) is 21.8 Å². The van der Waals surface area contributed by atoms with Gasteiger partial charge in [0.2, 0.25) is 5.91 Å². The SMILES string of the molecule is CC(C)OC(=O)c1c(NC(=O)CSc2nnc(CCC3CCCCC3)n2C)sc2c1CCCC2. The molecule has 34 heavy (non-hydrogen) atoms. The predicted octanol–water partition coefficient (Wildman–Crippen LogP) is 5.56. The van der Waals surface area contributed by atoms with Gasteiger partial charge in [-0.25, -0.2) is 4.79 Å². The Morgan fingerprint density at radius 2 is 1.91 bits per heavy atom. The second kappa shape index (κ2) is 11.7. The van der Waals surface area contributed by atoms with Crippen LogP contribution in [0.5, 0.6) is 0 Å². The van der Waals surface area contributed by atoms with Crippen LogP contribution in [0.2, 0.25) is 0 Å². The Balaban J connectivity index is 1.36. The molecule has 2 aromatic rings. The zero-order valence-electron chi connectivity index (χ0n) is 20.5. The van der Waals surface area contributed by atoms with Crippen LogP contribution in [0.3, 0.4) is 0 Å². The molecule has 0 aliphatic heterocycles. The molecular weight excluding hydrogens is 468 g/mol. The van der Waals surface area contributed by atoms with Gasteiger partial charge in [0, 0.05) is 18.3 Å². The van der Waals surface area contributed by atoms with E-state index >= 15 is 0 Å². The van der Waals surface area contributed by atoms with Crippen molar-refractivity contribution in [3.63, 3.8) is 0 Å². The molecule has 0 spiro atoms. The fraction of sp³-hybridized carbons (Fsp3) is 0.680. The van der Waals surface area contributed by atoms with Gasteiger partial charge in [0.1, 0.15) is 10.8 Å². The normalized spacial score (nSPS) is 16.5. The van der Waals surface area contributed by atoms with Crippen LogP contribution >= 0.6 is 23.1 Å². The Kier molecular flexibility index (Phi) is 8.69. The van der Waals surface area contributed by atoms with Gasteiger partial charge in [0.25, 0.3) is 0 Å². The number of nitrogens with one attached hydrogen (secondary N) is 1. The predicted molar refractivity (Wildman–Crippen MR) is 137 cm³/mol. The molecule has 0 saturated heterocycles. The first-order valence-corrected chi connectivity index (χ1v) is 14.4. The van der Waals surface area contributed by atoms with E-state index < -0.39 is 0 Å².